The van der Waals surface area contributed by atoms with Gasteiger partial charge in [-0.05, 0) is 6.07 Å². The molecule has 1 amide bonds. The molecule has 8 nitrogen and oxygen atoms in total. The zero-order valence-corrected chi connectivity index (χ0v) is 12.0. The van der Waals surface area contributed by atoms with Crippen LogP contribution in [0.5, 0.6) is 5.75 Å². The van der Waals surface area contributed by atoms with E-state index in [4.69, 9.17) is 9.47 Å². The maximum absolute atomic E-state index is 11.5. The Morgan fingerprint density at radius 2 is 2.10 bits per heavy atom. The predicted octanol–water partition coefficient (Wildman–Crippen LogP) is 1.17. The molecule has 1 aromatic carbocycles. The van der Waals surface area contributed by atoms with Crippen molar-refractivity contribution in [3.63, 3.8) is 0 Å². The van der Waals surface area contributed by atoms with Crippen molar-refractivity contribution in [2.75, 3.05) is 39.2 Å². The summed E-state index contributed by atoms with van der Waals surface area (Å²) in [5, 5.41) is 16.5. The van der Waals surface area contributed by atoms with Gasteiger partial charge in [0.1, 0.15) is 11.4 Å². The highest BCUT2D eigenvalue weighted by Crippen LogP contribution is 2.28. The number of hydrogen-bond acceptors (Lipinski definition) is 6. The molecule has 21 heavy (non-hydrogen) atoms. The fourth-order valence-electron chi connectivity index (χ4n) is 1.63. The van der Waals surface area contributed by atoms with Crippen LogP contribution in [-0.2, 0) is 9.53 Å². The summed E-state index contributed by atoms with van der Waals surface area (Å²) in [5.41, 5.74) is 0.264. The first kappa shape index (κ1) is 16.7. The van der Waals surface area contributed by atoms with Crippen LogP contribution in [0.2, 0.25) is 0 Å². The third-order valence-corrected chi connectivity index (χ3v) is 2.70. The van der Waals surface area contributed by atoms with Gasteiger partial charge in [0, 0.05) is 38.8 Å². The Balaban J connectivity index is 2.54. The summed E-state index contributed by atoms with van der Waals surface area (Å²) >= 11 is 0. The number of nitro groups is 1. The summed E-state index contributed by atoms with van der Waals surface area (Å²) in [7, 11) is 3.03. The number of anilines is 1. The Labute approximate surface area is 122 Å². The zero-order chi connectivity index (χ0) is 15.7. The quantitative estimate of drug-likeness (QED) is 0.403. The number of benzene rings is 1. The lowest BCUT2D eigenvalue weighted by atomic mass is 10.2. The topological polar surface area (TPSA) is 103 Å². The summed E-state index contributed by atoms with van der Waals surface area (Å²) in [5.74, 6) is 0.359. The first-order chi connectivity index (χ1) is 10.1. The van der Waals surface area contributed by atoms with Gasteiger partial charge in [-0.2, -0.15) is 0 Å². The van der Waals surface area contributed by atoms with E-state index in [0.29, 0.717) is 24.6 Å². The van der Waals surface area contributed by atoms with E-state index in [1.54, 1.807) is 7.11 Å². The van der Waals surface area contributed by atoms with Crippen molar-refractivity contribution in [2.24, 2.45) is 0 Å². The van der Waals surface area contributed by atoms with Crippen molar-refractivity contribution in [3.8, 4) is 5.75 Å². The van der Waals surface area contributed by atoms with Gasteiger partial charge in [0.05, 0.1) is 18.6 Å². The van der Waals surface area contributed by atoms with Crippen LogP contribution in [0.25, 0.3) is 0 Å². The number of nitrogens with one attached hydrogen (secondary N) is 2. The van der Waals surface area contributed by atoms with Crippen LogP contribution < -0.4 is 15.4 Å². The highest BCUT2D eigenvalue weighted by Gasteiger charge is 2.14. The van der Waals surface area contributed by atoms with Gasteiger partial charge in [-0.3, -0.25) is 14.9 Å². The van der Waals surface area contributed by atoms with Crippen molar-refractivity contribution >= 4 is 17.3 Å². The number of carbonyl (C=O) groups excluding carboxylic acids is 1. The molecular formula is C13H19N3O5. The Bertz CT molecular complexity index is 493. The SMILES string of the molecule is COCCNC(=O)CCNc1cc(OC)ccc1[N+](=O)[O-]. The first-order valence-electron chi connectivity index (χ1n) is 6.40. The summed E-state index contributed by atoms with van der Waals surface area (Å²) in [6.45, 7) is 1.17. The Morgan fingerprint density at radius 1 is 1.33 bits per heavy atom. The summed E-state index contributed by atoms with van der Waals surface area (Å²) in [6.07, 6.45) is 0.206. The largest absolute Gasteiger partial charge is 0.497 e. The lowest BCUT2D eigenvalue weighted by Crippen LogP contribution is -2.28. The fourth-order valence-corrected chi connectivity index (χ4v) is 1.63. The summed E-state index contributed by atoms with van der Waals surface area (Å²) < 4.78 is 9.84. The van der Waals surface area contributed by atoms with E-state index in [0.717, 1.165) is 0 Å². The van der Waals surface area contributed by atoms with E-state index in [2.05, 4.69) is 10.6 Å². The second-order valence-electron chi connectivity index (χ2n) is 4.16. The third kappa shape index (κ3) is 5.65. The van der Waals surface area contributed by atoms with Gasteiger partial charge >= 0.3 is 0 Å². The molecule has 116 valence electrons. The zero-order valence-electron chi connectivity index (χ0n) is 12.0. The summed E-state index contributed by atoms with van der Waals surface area (Å²) in [4.78, 5) is 21.9. The van der Waals surface area contributed by atoms with Crippen molar-refractivity contribution in [1.29, 1.82) is 0 Å². The highest BCUT2D eigenvalue weighted by molar-refractivity contribution is 5.76. The molecule has 0 radical (unpaired) electrons. The number of ether oxygens (including phenoxy) is 2. The molecule has 0 saturated carbocycles. The molecule has 1 aromatic rings. The Kier molecular flexibility index (Phi) is 6.96. The van der Waals surface area contributed by atoms with E-state index < -0.39 is 4.92 Å². The van der Waals surface area contributed by atoms with Gasteiger partial charge < -0.3 is 20.1 Å². The third-order valence-electron chi connectivity index (χ3n) is 2.70. The molecule has 0 aromatic heterocycles. The maximum Gasteiger partial charge on any atom is 0.292 e. The van der Waals surface area contributed by atoms with Gasteiger partial charge in [0.15, 0.2) is 0 Å². The number of amides is 1. The van der Waals surface area contributed by atoms with Crippen LogP contribution in [0.1, 0.15) is 6.42 Å². The van der Waals surface area contributed by atoms with Crippen LogP contribution in [0.3, 0.4) is 0 Å². The standard InChI is InChI=1S/C13H19N3O5/c1-20-8-7-15-13(17)5-6-14-11-9-10(21-2)3-4-12(11)16(18)19/h3-4,9,14H,5-8H2,1-2H3,(H,15,17). The average Bonchev–Trinajstić information content (AvgIpc) is 2.47. The molecule has 0 saturated heterocycles. The van der Waals surface area contributed by atoms with Crippen LogP contribution in [0.4, 0.5) is 11.4 Å². The van der Waals surface area contributed by atoms with Crippen LogP contribution in [0.15, 0.2) is 18.2 Å². The molecule has 0 unspecified atom stereocenters. The molecule has 0 aliphatic carbocycles. The van der Waals surface area contributed by atoms with E-state index in [1.165, 1.54) is 25.3 Å². The van der Waals surface area contributed by atoms with E-state index in [9.17, 15) is 14.9 Å². The number of methoxy groups -OCH3 is 2. The second kappa shape index (κ2) is 8.75. The molecule has 0 aliphatic rings. The minimum Gasteiger partial charge on any atom is -0.497 e. The average molecular weight is 297 g/mol. The molecule has 0 bridgehead atoms. The lowest BCUT2D eigenvalue weighted by Gasteiger charge is -2.09. The highest BCUT2D eigenvalue weighted by atomic mass is 16.6. The van der Waals surface area contributed by atoms with Gasteiger partial charge in [-0.15, -0.1) is 0 Å². The molecule has 1 rings (SSSR count). The Morgan fingerprint density at radius 3 is 2.71 bits per heavy atom. The van der Waals surface area contributed by atoms with Gasteiger partial charge in [-0.25, -0.2) is 0 Å². The van der Waals surface area contributed by atoms with Crippen molar-refractivity contribution in [1.82, 2.24) is 5.32 Å². The number of carbonyl (C=O) groups is 1. The molecule has 0 aliphatic heterocycles. The molecule has 0 fully saturated rings. The van der Waals surface area contributed by atoms with E-state index >= 15 is 0 Å². The second-order valence-corrected chi connectivity index (χ2v) is 4.16. The van der Waals surface area contributed by atoms with E-state index in [-0.39, 0.29) is 24.6 Å². The van der Waals surface area contributed by atoms with Gasteiger partial charge in [0.25, 0.3) is 5.69 Å². The van der Waals surface area contributed by atoms with Crippen LogP contribution >= 0.6 is 0 Å². The monoisotopic (exact) mass is 297 g/mol. The Hall–Kier alpha value is -2.35. The van der Waals surface area contributed by atoms with Crippen LogP contribution in [-0.4, -0.2) is 44.7 Å². The molecule has 8 heteroatoms. The van der Waals surface area contributed by atoms with Crippen molar-refractivity contribution in [2.45, 2.75) is 6.42 Å². The summed E-state index contributed by atoms with van der Waals surface area (Å²) in [6, 6.07) is 4.40. The molecule has 0 spiro atoms. The maximum atomic E-state index is 11.5. The molecule has 0 heterocycles. The molecule has 2 N–H and O–H groups in total. The minimum atomic E-state index is -0.486. The lowest BCUT2D eigenvalue weighted by molar-refractivity contribution is -0.384. The minimum absolute atomic E-state index is 0.0596. The van der Waals surface area contributed by atoms with Gasteiger partial charge in [0.2, 0.25) is 5.91 Å². The predicted molar refractivity (Wildman–Crippen MR) is 77.6 cm³/mol. The molecular weight excluding hydrogens is 278 g/mol. The molecule has 0 atom stereocenters. The number of nitro benzene ring substituents is 1. The van der Waals surface area contributed by atoms with E-state index in [1.807, 2.05) is 0 Å². The first-order valence-corrected chi connectivity index (χ1v) is 6.40. The smallest absolute Gasteiger partial charge is 0.292 e. The van der Waals surface area contributed by atoms with Gasteiger partial charge in [-0.1, -0.05) is 0 Å². The fraction of sp³-hybridized carbons (Fsp3) is 0.462. The number of rotatable bonds is 9. The number of hydrogen-bond donors (Lipinski definition) is 2. The van der Waals surface area contributed by atoms with Crippen molar-refractivity contribution < 1.29 is 19.2 Å². The van der Waals surface area contributed by atoms with Crippen LogP contribution in [0, 0.1) is 10.1 Å². The normalized spacial score (nSPS) is 10.0. The van der Waals surface area contributed by atoms with Crippen molar-refractivity contribution in [3.05, 3.63) is 28.3 Å². The number of nitrogens with zero attached hydrogens (tertiary/aromatic N) is 1.